The first-order valence-electron chi connectivity index (χ1n) is 6.13. The maximum Gasteiger partial charge on any atom is 0.237 e. The van der Waals surface area contributed by atoms with Crippen LogP contribution in [0.2, 0.25) is 0 Å². The second-order valence-electron chi connectivity index (χ2n) is 5.09. The molecule has 0 saturated heterocycles. The maximum absolute atomic E-state index is 11.2. The number of hydrogen-bond acceptors (Lipinski definition) is 4. The summed E-state index contributed by atoms with van der Waals surface area (Å²) in [6.45, 7) is 8.19. The average Bonchev–Trinajstić information content (AvgIpc) is 2.51. The van der Waals surface area contributed by atoms with E-state index in [1.54, 1.807) is 4.68 Å². The molecule has 0 aromatic carbocycles. The van der Waals surface area contributed by atoms with Crippen molar-refractivity contribution in [2.75, 3.05) is 17.2 Å². The van der Waals surface area contributed by atoms with Gasteiger partial charge in [-0.2, -0.15) is 5.10 Å². The van der Waals surface area contributed by atoms with Crippen molar-refractivity contribution >= 4 is 17.4 Å². The number of hydrogen-bond donors (Lipinski definition) is 2. The van der Waals surface area contributed by atoms with Gasteiger partial charge in [0.25, 0.3) is 0 Å². The Morgan fingerprint density at radius 3 is 2.28 bits per heavy atom. The largest absolute Gasteiger partial charge is 0.394 e. The van der Waals surface area contributed by atoms with E-state index in [4.69, 9.17) is 11.5 Å². The van der Waals surface area contributed by atoms with Crippen molar-refractivity contribution in [2.45, 2.75) is 39.7 Å². The van der Waals surface area contributed by atoms with Crippen LogP contribution in [0.25, 0.3) is 0 Å². The fourth-order valence-electron chi connectivity index (χ4n) is 1.99. The van der Waals surface area contributed by atoms with Crippen LogP contribution in [0.1, 0.15) is 39.3 Å². The predicted molar refractivity (Wildman–Crippen MR) is 73.4 cm³/mol. The van der Waals surface area contributed by atoms with Crippen LogP contribution in [0.5, 0.6) is 0 Å². The number of nitrogen functional groups attached to an aromatic ring is 1. The summed E-state index contributed by atoms with van der Waals surface area (Å²) in [5, 5.41) is 4.42. The van der Waals surface area contributed by atoms with Gasteiger partial charge in [-0.25, -0.2) is 0 Å². The minimum absolute atomic E-state index is 0.121. The van der Waals surface area contributed by atoms with Gasteiger partial charge in [0.15, 0.2) is 5.82 Å². The minimum Gasteiger partial charge on any atom is -0.394 e. The van der Waals surface area contributed by atoms with E-state index in [9.17, 15) is 4.79 Å². The van der Waals surface area contributed by atoms with Gasteiger partial charge in [0, 0.05) is 13.1 Å². The summed E-state index contributed by atoms with van der Waals surface area (Å²) in [5.41, 5.74) is 12.9. The molecule has 0 fully saturated rings. The first-order valence-corrected chi connectivity index (χ1v) is 6.13. The molecule has 0 unspecified atom stereocenters. The third-order valence-electron chi connectivity index (χ3n) is 2.85. The minimum atomic E-state index is -0.379. The molecular weight excluding hydrogens is 230 g/mol. The third kappa shape index (κ3) is 2.75. The lowest BCUT2D eigenvalue weighted by molar-refractivity contribution is -0.116. The summed E-state index contributed by atoms with van der Waals surface area (Å²) in [5.74, 6) is 0.621. The molecule has 0 bridgehead atoms. The molecule has 18 heavy (non-hydrogen) atoms. The molecule has 1 aromatic heterocycles. The van der Waals surface area contributed by atoms with Gasteiger partial charge in [-0.3, -0.25) is 9.48 Å². The molecule has 6 nitrogen and oxygen atoms in total. The molecule has 4 N–H and O–H groups in total. The average molecular weight is 253 g/mol. The van der Waals surface area contributed by atoms with Crippen LogP contribution in [-0.4, -0.2) is 28.3 Å². The summed E-state index contributed by atoms with van der Waals surface area (Å²) >= 11 is 0. The molecule has 0 aliphatic carbocycles. The van der Waals surface area contributed by atoms with Crippen molar-refractivity contribution in [3.63, 3.8) is 0 Å². The molecule has 0 saturated carbocycles. The van der Waals surface area contributed by atoms with Crippen LogP contribution in [-0.2, 0) is 11.8 Å². The molecule has 0 atom stereocenters. The van der Waals surface area contributed by atoms with Crippen molar-refractivity contribution < 1.29 is 4.79 Å². The SMILES string of the molecule is CC(C)c1nn(C)c(N(CC(N)=O)C(C)C)c1N. The van der Waals surface area contributed by atoms with E-state index in [-0.39, 0.29) is 24.4 Å². The Morgan fingerprint density at radius 1 is 1.39 bits per heavy atom. The van der Waals surface area contributed by atoms with Crippen molar-refractivity contribution in [3.05, 3.63) is 5.69 Å². The van der Waals surface area contributed by atoms with E-state index in [0.29, 0.717) is 5.69 Å². The van der Waals surface area contributed by atoms with Crippen LogP contribution < -0.4 is 16.4 Å². The van der Waals surface area contributed by atoms with E-state index in [0.717, 1.165) is 11.5 Å². The molecule has 1 amide bonds. The van der Waals surface area contributed by atoms with Crippen molar-refractivity contribution in [1.29, 1.82) is 0 Å². The van der Waals surface area contributed by atoms with Crippen LogP contribution in [0.15, 0.2) is 0 Å². The zero-order valence-electron chi connectivity index (χ0n) is 11.8. The van der Waals surface area contributed by atoms with Crippen LogP contribution >= 0.6 is 0 Å². The Morgan fingerprint density at radius 2 is 1.94 bits per heavy atom. The number of carbonyl (C=O) groups excluding carboxylic acids is 1. The Labute approximate surface area is 108 Å². The number of primary amides is 1. The summed E-state index contributed by atoms with van der Waals surface area (Å²) in [6.07, 6.45) is 0. The van der Waals surface area contributed by atoms with Gasteiger partial charge in [0.05, 0.1) is 17.9 Å². The molecule has 1 rings (SSSR count). The molecule has 1 heterocycles. The first-order chi connectivity index (χ1) is 8.25. The fraction of sp³-hybridized carbons (Fsp3) is 0.667. The van der Waals surface area contributed by atoms with E-state index >= 15 is 0 Å². The van der Waals surface area contributed by atoms with Gasteiger partial charge in [0.1, 0.15) is 0 Å². The highest BCUT2D eigenvalue weighted by Crippen LogP contribution is 2.31. The molecule has 0 radical (unpaired) electrons. The summed E-state index contributed by atoms with van der Waals surface area (Å²) in [4.78, 5) is 13.0. The van der Waals surface area contributed by atoms with Gasteiger partial charge in [0.2, 0.25) is 5.91 Å². The fourth-order valence-corrected chi connectivity index (χ4v) is 1.99. The lowest BCUT2D eigenvalue weighted by atomic mass is 10.1. The Kier molecular flexibility index (Phi) is 4.21. The number of rotatable bonds is 5. The Bertz CT molecular complexity index is 436. The highest BCUT2D eigenvalue weighted by atomic mass is 16.1. The molecule has 0 aliphatic rings. The Hall–Kier alpha value is -1.72. The van der Waals surface area contributed by atoms with E-state index in [1.807, 2.05) is 39.6 Å². The number of carbonyl (C=O) groups is 1. The topological polar surface area (TPSA) is 90.2 Å². The first kappa shape index (κ1) is 14.3. The van der Waals surface area contributed by atoms with Crippen molar-refractivity contribution in [1.82, 2.24) is 9.78 Å². The maximum atomic E-state index is 11.2. The number of anilines is 2. The van der Waals surface area contributed by atoms with Gasteiger partial charge in [-0.15, -0.1) is 0 Å². The van der Waals surface area contributed by atoms with E-state index in [2.05, 4.69) is 5.10 Å². The number of nitrogens with zero attached hydrogens (tertiary/aromatic N) is 3. The van der Waals surface area contributed by atoms with Crippen LogP contribution in [0, 0.1) is 0 Å². The molecule has 102 valence electrons. The third-order valence-corrected chi connectivity index (χ3v) is 2.85. The summed E-state index contributed by atoms with van der Waals surface area (Å²) in [7, 11) is 1.83. The number of aromatic nitrogens is 2. The zero-order chi connectivity index (χ0) is 14.0. The highest BCUT2D eigenvalue weighted by molar-refractivity contribution is 5.81. The van der Waals surface area contributed by atoms with Crippen molar-refractivity contribution in [3.8, 4) is 0 Å². The predicted octanol–water partition coefficient (Wildman–Crippen LogP) is 0.826. The van der Waals surface area contributed by atoms with E-state index in [1.165, 1.54) is 0 Å². The monoisotopic (exact) mass is 253 g/mol. The molecule has 1 aromatic rings. The molecular formula is C12H23N5O. The zero-order valence-corrected chi connectivity index (χ0v) is 11.8. The second kappa shape index (κ2) is 5.29. The molecule has 0 aliphatic heterocycles. The standard InChI is InChI=1S/C12H23N5O/c1-7(2)11-10(14)12(16(5)15-11)17(8(3)4)6-9(13)18/h7-8H,6,14H2,1-5H3,(H2,13,18). The van der Waals surface area contributed by atoms with Crippen LogP contribution in [0.3, 0.4) is 0 Å². The quantitative estimate of drug-likeness (QED) is 0.813. The summed E-state index contributed by atoms with van der Waals surface area (Å²) in [6, 6.07) is 0.121. The molecule has 6 heteroatoms. The van der Waals surface area contributed by atoms with Crippen LogP contribution in [0.4, 0.5) is 11.5 Å². The normalized spacial score (nSPS) is 11.3. The smallest absolute Gasteiger partial charge is 0.237 e. The van der Waals surface area contributed by atoms with Gasteiger partial charge < -0.3 is 16.4 Å². The van der Waals surface area contributed by atoms with Gasteiger partial charge in [-0.05, 0) is 19.8 Å². The second-order valence-corrected chi connectivity index (χ2v) is 5.09. The number of aryl methyl sites for hydroxylation is 1. The van der Waals surface area contributed by atoms with Crippen molar-refractivity contribution in [2.24, 2.45) is 12.8 Å². The highest BCUT2D eigenvalue weighted by Gasteiger charge is 2.23. The van der Waals surface area contributed by atoms with Gasteiger partial charge >= 0.3 is 0 Å². The van der Waals surface area contributed by atoms with Gasteiger partial charge in [-0.1, -0.05) is 13.8 Å². The lowest BCUT2D eigenvalue weighted by Gasteiger charge is -2.27. The Balaban J connectivity index is 3.24. The number of nitrogens with two attached hydrogens (primary N) is 2. The number of amides is 1. The molecule has 0 spiro atoms. The lowest BCUT2D eigenvalue weighted by Crippen LogP contribution is -2.40. The summed E-state index contributed by atoms with van der Waals surface area (Å²) < 4.78 is 1.72. The van der Waals surface area contributed by atoms with E-state index < -0.39 is 0 Å².